The molecule has 61 heavy (non-hydrogen) atoms. The summed E-state index contributed by atoms with van der Waals surface area (Å²) in [5.41, 5.74) is 0. The van der Waals surface area contributed by atoms with Crippen LogP contribution >= 0.6 is 7.60 Å². The monoisotopic (exact) mass is 908 g/mol. The van der Waals surface area contributed by atoms with Gasteiger partial charge < -0.3 is 83.7 Å². The molecule has 0 aromatic carbocycles. The van der Waals surface area contributed by atoms with Crippen LogP contribution in [-0.4, -0.2) is 192 Å². The average Bonchev–Trinajstić information content (AvgIpc) is 3.22. The Morgan fingerprint density at radius 1 is 0.459 bits per heavy atom. The molecule has 5 amide bonds. The highest BCUT2D eigenvalue weighted by molar-refractivity contribution is 7.51. The van der Waals surface area contributed by atoms with Gasteiger partial charge in [0.15, 0.2) is 0 Å². The van der Waals surface area contributed by atoms with Crippen LogP contribution in [0.15, 0.2) is 0 Å². The van der Waals surface area contributed by atoms with Gasteiger partial charge in [-0.05, 0) is 12.8 Å². The molecule has 26 nitrogen and oxygen atoms in total. The molecule has 0 aromatic heterocycles. The fourth-order valence-corrected chi connectivity index (χ4v) is 4.94. The number of carbonyl (C=O) groups is 5. The Morgan fingerprint density at radius 2 is 0.787 bits per heavy atom. The molecule has 3 unspecified atom stereocenters. The summed E-state index contributed by atoms with van der Waals surface area (Å²) in [6.07, 6.45) is -0.645. The molecule has 0 aliphatic carbocycles. The van der Waals surface area contributed by atoms with Crippen molar-refractivity contribution in [3.05, 3.63) is 0 Å². The Balaban J connectivity index is 4.97. The van der Waals surface area contributed by atoms with Crippen LogP contribution in [0.2, 0.25) is 0 Å². The van der Waals surface area contributed by atoms with Gasteiger partial charge in [-0.25, -0.2) is 17.7 Å². The third-order valence-electron chi connectivity index (χ3n) is 7.47. The summed E-state index contributed by atoms with van der Waals surface area (Å²) in [4.78, 5) is 86.8. The van der Waals surface area contributed by atoms with Gasteiger partial charge in [0, 0.05) is 45.6 Å². The molecule has 0 aromatic rings. The molecule has 0 aliphatic heterocycles. The fraction of sp³-hybridized carbons (Fsp3) is 0.853. The molecule has 0 rings (SSSR count). The minimum absolute atomic E-state index is 0.00104. The SMILES string of the molecule is CP(=O)(O)OCCOCCOCCOCCOCCC(=O)NC(CCC(=O)NC(CCC(=O)NCCOCCON)C(=O)NCCOCCON)C(=O)NCCOCCON. The van der Waals surface area contributed by atoms with Gasteiger partial charge in [-0.3, -0.25) is 28.5 Å². The molecule has 27 heteroatoms. The first-order valence-electron chi connectivity index (χ1n) is 19.8. The molecule has 0 fully saturated rings. The number of rotatable bonds is 44. The lowest BCUT2D eigenvalue weighted by Gasteiger charge is -2.21. The van der Waals surface area contributed by atoms with Crippen molar-refractivity contribution in [2.24, 2.45) is 17.7 Å². The number of hydrogen-bond acceptors (Lipinski definition) is 20. The van der Waals surface area contributed by atoms with Gasteiger partial charge in [0.1, 0.15) is 12.1 Å². The largest absolute Gasteiger partial charge is 0.379 e. The van der Waals surface area contributed by atoms with Gasteiger partial charge in [0.25, 0.3) is 0 Å². The lowest BCUT2D eigenvalue weighted by Crippen LogP contribution is -2.50. The molecule has 0 aliphatic rings. The van der Waals surface area contributed by atoms with Crippen molar-refractivity contribution in [2.45, 2.75) is 44.2 Å². The maximum Gasteiger partial charge on any atom is 0.325 e. The van der Waals surface area contributed by atoms with E-state index in [9.17, 15) is 28.5 Å². The van der Waals surface area contributed by atoms with Gasteiger partial charge in [-0.2, -0.15) is 0 Å². The average molecular weight is 909 g/mol. The van der Waals surface area contributed by atoms with E-state index in [1.54, 1.807) is 0 Å². The normalized spacial score (nSPS) is 13.2. The first-order chi connectivity index (χ1) is 29.4. The summed E-state index contributed by atoms with van der Waals surface area (Å²) >= 11 is 0. The second-order valence-corrected chi connectivity index (χ2v) is 14.4. The zero-order valence-electron chi connectivity index (χ0n) is 35.1. The first-order valence-corrected chi connectivity index (χ1v) is 21.8. The van der Waals surface area contributed by atoms with E-state index in [1.165, 1.54) is 0 Å². The molecule has 0 heterocycles. The van der Waals surface area contributed by atoms with Crippen LogP contribution in [0.1, 0.15) is 32.1 Å². The molecule has 0 bridgehead atoms. The lowest BCUT2D eigenvalue weighted by molar-refractivity contribution is -0.131. The van der Waals surface area contributed by atoms with Crippen LogP contribution in [-0.2, 0) is 80.7 Å². The molecule has 0 saturated heterocycles. The fourth-order valence-electron chi connectivity index (χ4n) is 4.53. The molecule has 0 radical (unpaired) electrons. The van der Waals surface area contributed by atoms with Crippen LogP contribution in [0.4, 0.5) is 0 Å². The van der Waals surface area contributed by atoms with E-state index in [2.05, 4.69) is 41.1 Å². The van der Waals surface area contributed by atoms with Crippen LogP contribution < -0.4 is 44.3 Å². The topological polar surface area (TPSA) is 362 Å². The number of nitrogens with two attached hydrogens (primary N) is 3. The summed E-state index contributed by atoms with van der Waals surface area (Å²) in [6.45, 7) is 4.88. The van der Waals surface area contributed by atoms with Crippen LogP contribution in [0.3, 0.4) is 0 Å². The second-order valence-electron chi connectivity index (χ2n) is 12.5. The van der Waals surface area contributed by atoms with Gasteiger partial charge in [0.2, 0.25) is 29.5 Å². The van der Waals surface area contributed by atoms with Crippen molar-refractivity contribution < 1.29 is 85.6 Å². The van der Waals surface area contributed by atoms with Gasteiger partial charge in [-0.15, -0.1) is 0 Å². The highest BCUT2D eigenvalue weighted by Crippen LogP contribution is 2.35. The molecule has 12 N–H and O–H groups in total. The smallest absolute Gasteiger partial charge is 0.325 e. The zero-order chi connectivity index (χ0) is 45.2. The maximum absolute atomic E-state index is 13.1. The lowest BCUT2D eigenvalue weighted by atomic mass is 10.1. The van der Waals surface area contributed by atoms with Crippen LogP contribution in [0, 0.1) is 0 Å². The van der Waals surface area contributed by atoms with Crippen molar-refractivity contribution >= 4 is 37.1 Å². The summed E-state index contributed by atoms with van der Waals surface area (Å²) in [6, 6.07) is -2.24. The van der Waals surface area contributed by atoms with E-state index < -0.39 is 43.3 Å². The second kappa shape index (κ2) is 41.0. The predicted molar refractivity (Wildman–Crippen MR) is 214 cm³/mol. The zero-order valence-corrected chi connectivity index (χ0v) is 36.0. The van der Waals surface area contributed by atoms with Crippen molar-refractivity contribution in [2.75, 3.05) is 145 Å². The molecular weight excluding hydrogens is 839 g/mol. The number of ether oxygens (including phenoxy) is 7. The first kappa shape index (κ1) is 58.0. The summed E-state index contributed by atoms with van der Waals surface area (Å²) in [5.74, 6) is 12.3. The Morgan fingerprint density at radius 3 is 1.20 bits per heavy atom. The minimum Gasteiger partial charge on any atom is -0.379 e. The quantitative estimate of drug-likeness (QED) is 0.0159. The van der Waals surface area contributed by atoms with Gasteiger partial charge in [-0.1, -0.05) is 0 Å². The van der Waals surface area contributed by atoms with Gasteiger partial charge >= 0.3 is 7.60 Å². The van der Waals surface area contributed by atoms with E-state index in [0.717, 1.165) is 6.66 Å². The molecular formula is C34H69N8O18P. The minimum atomic E-state index is -3.52. The van der Waals surface area contributed by atoms with Crippen molar-refractivity contribution in [1.82, 2.24) is 26.6 Å². The number of amides is 5. The Hall–Kier alpha value is -3.02. The Labute approximate surface area is 356 Å². The van der Waals surface area contributed by atoms with E-state index in [-0.39, 0.29) is 163 Å². The number of carbonyl (C=O) groups excluding carboxylic acids is 5. The summed E-state index contributed by atoms with van der Waals surface area (Å²) < 4.78 is 53.0. The highest BCUT2D eigenvalue weighted by Gasteiger charge is 2.25. The molecule has 358 valence electrons. The summed E-state index contributed by atoms with van der Waals surface area (Å²) in [7, 11) is -3.52. The summed E-state index contributed by atoms with van der Waals surface area (Å²) in [5, 5.41) is 13.2. The molecule has 0 saturated carbocycles. The van der Waals surface area contributed by atoms with Crippen LogP contribution in [0.5, 0.6) is 0 Å². The highest BCUT2D eigenvalue weighted by atomic mass is 31.2. The predicted octanol–water partition coefficient (Wildman–Crippen LogP) is -4.13. The van der Waals surface area contributed by atoms with E-state index in [4.69, 9.17) is 60.3 Å². The van der Waals surface area contributed by atoms with E-state index in [1.807, 2.05) is 0 Å². The Kier molecular flexibility index (Phi) is 39.0. The van der Waals surface area contributed by atoms with Crippen LogP contribution in [0.25, 0.3) is 0 Å². The standard InChI is InChI=1S/C34H69N8O18P/c1-61(48,49)60-27-23-56-19-18-55-17-16-54-15-14-50-10-6-32(45)42-29(34(47)40-9-13-53-22-26-59-37)3-5-31(44)41-28(33(46)39-8-12-52-21-25-58-36)2-4-30(43)38-7-11-51-20-24-57-35/h28-29H,2-27,35-37H2,1H3,(H,38,43)(H,39,46)(H,40,47)(H,41,44)(H,42,45)(H,48,49). The van der Waals surface area contributed by atoms with E-state index >= 15 is 0 Å². The van der Waals surface area contributed by atoms with E-state index in [0.29, 0.717) is 13.2 Å². The van der Waals surface area contributed by atoms with Crippen molar-refractivity contribution in [3.8, 4) is 0 Å². The third-order valence-corrected chi connectivity index (χ3v) is 8.13. The molecule has 0 spiro atoms. The third kappa shape index (κ3) is 39.6. The number of nitrogens with one attached hydrogen (secondary N) is 5. The van der Waals surface area contributed by atoms with Crippen molar-refractivity contribution in [1.29, 1.82) is 0 Å². The maximum atomic E-state index is 13.1. The van der Waals surface area contributed by atoms with Crippen molar-refractivity contribution in [3.63, 3.8) is 0 Å². The Bertz CT molecular complexity index is 1190. The number of hydrogen-bond donors (Lipinski definition) is 9. The van der Waals surface area contributed by atoms with Gasteiger partial charge in [0.05, 0.1) is 119 Å². The molecule has 3 atom stereocenters.